The minimum Gasteiger partial charge on any atom is -0.330 e. The lowest BCUT2D eigenvalue weighted by molar-refractivity contribution is -0.120. The molecule has 1 atom stereocenters. The maximum Gasteiger partial charge on any atom is 0.228 e. The molecule has 0 heterocycles. The van der Waals surface area contributed by atoms with Gasteiger partial charge in [-0.2, -0.15) is 0 Å². The Kier molecular flexibility index (Phi) is 5.06. The highest BCUT2D eigenvalue weighted by molar-refractivity contribution is 5.92. The van der Waals surface area contributed by atoms with Crippen LogP contribution >= 0.6 is 0 Å². The zero-order chi connectivity index (χ0) is 14.6. The van der Waals surface area contributed by atoms with Gasteiger partial charge in [0, 0.05) is 6.54 Å². The van der Waals surface area contributed by atoms with Crippen molar-refractivity contribution in [1.29, 1.82) is 0 Å². The first kappa shape index (κ1) is 15.6. The second-order valence-electron chi connectivity index (χ2n) is 6.17. The number of amides is 1. The fourth-order valence-corrected chi connectivity index (χ4v) is 1.98. The average Bonchev–Trinajstić information content (AvgIpc) is 2.28. The van der Waals surface area contributed by atoms with Crippen LogP contribution in [-0.2, 0) is 4.79 Å². The fraction of sp³-hybridized carbons (Fsp3) is 0.533. The molecule has 3 nitrogen and oxygen atoms in total. The highest BCUT2D eigenvalue weighted by Crippen LogP contribution is 2.25. The number of hydrogen-bond donors (Lipinski definition) is 2. The number of carbonyl (C=O) groups excluding carboxylic acids is 1. The lowest BCUT2D eigenvalue weighted by Gasteiger charge is -2.24. The Labute approximate surface area is 114 Å². The first-order valence-electron chi connectivity index (χ1n) is 6.50. The van der Waals surface area contributed by atoms with E-state index in [1.165, 1.54) is 6.07 Å². The van der Waals surface area contributed by atoms with Crippen molar-refractivity contribution in [3.63, 3.8) is 0 Å². The largest absolute Gasteiger partial charge is 0.330 e. The molecule has 0 saturated carbocycles. The van der Waals surface area contributed by atoms with Gasteiger partial charge in [0.2, 0.25) is 5.91 Å². The number of rotatable bonds is 4. The normalized spacial score (nSPS) is 13.2. The predicted molar refractivity (Wildman–Crippen MR) is 76.4 cm³/mol. The van der Waals surface area contributed by atoms with Crippen molar-refractivity contribution in [2.24, 2.45) is 17.1 Å². The molecule has 1 amide bonds. The second-order valence-corrected chi connectivity index (χ2v) is 6.17. The summed E-state index contributed by atoms with van der Waals surface area (Å²) in [5.74, 6) is -0.944. The summed E-state index contributed by atoms with van der Waals surface area (Å²) >= 11 is 0. The maximum absolute atomic E-state index is 13.7. The second kappa shape index (κ2) is 6.15. The number of nitrogens with two attached hydrogens (primary N) is 1. The molecule has 0 aliphatic carbocycles. The molecule has 0 saturated heterocycles. The predicted octanol–water partition coefficient (Wildman–Crippen LogP) is 3.08. The Morgan fingerprint density at radius 2 is 2.05 bits per heavy atom. The zero-order valence-corrected chi connectivity index (χ0v) is 12.1. The molecule has 0 aliphatic heterocycles. The molecule has 0 aromatic heterocycles. The third-order valence-corrected chi connectivity index (χ3v) is 2.90. The van der Waals surface area contributed by atoms with Gasteiger partial charge in [-0.1, -0.05) is 26.8 Å². The van der Waals surface area contributed by atoms with E-state index in [1.807, 2.05) is 0 Å². The lowest BCUT2D eigenvalue weighted by Crippen LogP contribution is -2.32. The van der Waals surface area contributed by atoms with E-state index in [1.54, 1.807) is 19.1 Å². The smallest absolute Gasteiger partial charge is 0.228 e. The van der Waals surface area contributed by atoms with Gasteiger partial charge in [-0.15, -0.1) is 0 Å². The van der Waals surface area contributed by atoms with Crippen LogP contribution in [0.15, 0.2) is 18.2 Å². The standard InChI is InChI=1S/C15H23FN2O/c1-10-5-6-13(12(16)7-10)18-14(19)11(9-17)8-15(2,3)4/h5-7,11H,8-9,17H2,1-4H3,(H,18,19). The van der Waals surface area contributed by atoms with Gasteiger partial charge in [-0.3, -0.25) is 4.79 Å². The molecular weight excluding hydrogens is 243 g/mol. The summed E-state index contributed by atoms with van der Waals surface area (Å²) in [6.07, 6.45) is 0.669. The number of nitrogens with one attached hydrogen (secondary N) is 1. The first-order valence-corrected chi connectivity index (χ1v) is 6.50. The van der Waals surface area contributed by atoms with E-state index in [0.717, 1.165) is 5.56 Å². The molecule has 1 aromatic rings. The molecule has 19 heavy (non-hydrogen) atoms. The van der Waals surface area contributed by atoms with Crippen molar-refractivity contribution < 1.29 is 9.18 Å². The Hall–Kier alpha value is -1.42. The topological polar surface area (TPSA) is 55.1 Å². The quantitative estimate of drug-likeness (QED) is 0.880. The van der Waals surface area contributed by atoms with Gasteiger partial charge in [0.25, 0.3) is 0 Å². The Bertz CT molecular complexity index is 452. The van der Waals surface area contributed by atoms with Crippen LogP contribution in [0, 0.1) is 24.1 Å². The first-order chi connectivity index (χ1) is 8.73. The van der Waals surface area contributed by atoms with Crippen LogP contribution in [0.25, 0.3) is 0 Å². The molecule has 3 N–H and O–H groups in total. The highest BCUT2D eigenvalue weighted by Gasteiger charge is 2.24. The molecule has 106 valence electrons. The third kappa shape index (κ3) is 4.99. The average molecular weight is 266 g/mol. The van der Waals surface area contributed by atoms with E-state index >= 15 is 0 Å². The lowest BCUT2D eigenvalue weighted by atomic mass is 9.84. The summed E-state index contributed by atoms with van der Waals surface area (Å²) in [5.41, 5.74) is 6.68. The summed E-state index contributed by atoms with van der Waals surface area (Å²) in [7, 11) is 0. The molecule has 0 spiro atoms. The van der Waals surface area contributed by atoms with Gasteiger partial charge in [0.05, 0.1) is 11.6 Å². The van der Waals surface area contributed by atoms with Crippen molar-refractivity contribution in [3.05, 3.63) is 29.6 Å². The van der Waals surface area contributed by atoms with Gasteiger partial charge in [-0.25, -0.2) is 4.39 Å². The van der Waals surface area contributed by atoms with E-state index in [9.17, 15) is 9.18 Å². The van der Waals surface area contributed by atoms with Crippen molar-refractivity contribution in [3.8, 4) is 0 Å². The van der Waals surface area contributed by atoms with Crippen molar-refractivity contribution >= 4 is 11.6 Å². The van der Waals surface area contributed by atoms with Crippen molar-refractivity contribution in [2.45, 2.75) is 34.1 Å². The van der Waals surface area contributed by atoms with Gasteiger partial charge < -0.3 is 11.1 Å². The van der Waals surface area contributed by atoms with E-state index in [-0.39, 0.29) is 29.5 Å². The molecule has 4 heteroatoms. The fourth-order valence-electron chi connectivity index (χ4n) is 1.98. The molecule has 1 unspecified atom stereocenters. The molecular formula is C15H23FN2O. The zero-order valence-electron chi connectivity index (χ0n) is 12.1. The van der Waals surface area contributed by atoms with Crippen molar-refractivity contribution in [1.82, 2.24) is 0 Å². The summed E-state index contributed by atoms with van der Waals surface area (Å²) in [6.45, 7) is 8.22. The third-order valence-electron chi connectivity index (χ3n) is 2.90. The van der Waals surface area contributed by atoms with Gasteiger partial charge in [-0.05, 0) is 36.5 Å². The van der Waals surface area contributed by atoms with Crippen molar-refractivity contribution in [2.75, 3.05) is 11.9 Å². The van der Waals surface area contributed by atoms with Crippen LogP contribution in [-0.4, -0.2) is 12.5 Å². The van der Waals surface area contributed by atoms with Crippen LogP contribution in [0.4, 0.5) is 10.1 Å². The number of carbonyl (C=O) groups is 1. The molecule has 1 aromatic carbocycles. The van der Waals surface area contributed by atoms with Crippen LogP contribution in [0.3, 0.4) is 0 Å². The molecule has 0 fully saturated rings. The molecule has 0 bridgehead atoms. The SMILES string of the molecule is Cc1ccc(NC(=O)C(CN)CC(C)(C)C)c(F)c1. The minimum atomic E-state index is -0.417. The van der Waals surface area contributed by atoms with Gasteiger partial charge >= 0.3 is 0 Å². The molecule has 0 aliphatic rings. The molecule has 1 rings (SSSR count). The van der Waals surface area contributed by atoms with Crippen LogP contribution in [0.2, 0.25) is 0 Å². The maximum atomic E-state index is 13.7. The van der Waals surface area contributed by atoms with E-state index in [4.69, 9.17) is 5.73 Å². The number of benzene rings is 1. The Balaban J connectivity index is 2.77. The van der Waals surface area contributed by atoms with E-state index < -0.39 is 5.82 Å². The Morgan fingerprint density at radius 1 is 1.42 bits per heavy atom. The van der Waals surface area contributed by atoms with Gasteiger partial charge in [0.1, 0.15) is 5.82 Å². The number of anilines is 1. The summed E-state index contributed by atoms with van der Waals surface area (Å²) in [5, 5.41) is 2.62. The van der Waals surface area contributed by atoms with E-state index in [0.29, 0.717) is 6.42 Å². The van der Waals surface area contributed by atoms with Gasteiger partial charge in [0.15, 0.2) is 0 Å². The number of aryl methyl sites for hydroxylation is 1. The number of halogens is 1. The van der Waals surface area contributed by atoms with Crippen LogP contribution < -0.4 is 11.1 Å². The Morgan fingerprint density at radius 3 is 2.53 bits per heavy atom. The summed E-state index contributed by atoms with van der Waals surface area (Å²) < 4.78 is 13.7. The van der Waals surface area contributed by atoms with E-state index in [2.05, 4.69) is 26.1 Å². The highest BCUT2D eigenvalue weighted by atomic mass is 19.1. The number of hydrogen-bond acceptors (Lipinski definition) is 2. The summed E-state index contributed by atoms with van der Waals surface area (Å²) in [4.78, 5) is 12.1. The molecule has 0 radical (unpaired) electrons. The monoisotopic (exact) mass is 266 g/mol. The minimum absolute atomic E-state index is 0.00714. The summed E-state index contributed by atoms with van der Waals surface area (Å²) in [6, 6.07) is 4.74. The van der Waals surface area contributed by atoms with Crippen LogP contribution in [0.1, 0.15) is 32.8 Å². The van der Waals surface area contributed by atoms with Crippen LogP contribution in [0.5, 0.6) is 0 Å².